The first kappa shape index (κ1) is 55.6. The van der Waals surface area contributed by atoms with E-state index in [2.05, 4.69) is 93.7 Å². The average molecular weight is 821 g/mol. The first-order valence-corrected chi connectivity index (χ1v) is 24.1. The molecule has 0 aromatic rings. The summed E-state index contributed by atoms with van der Waals surface area (Å²) in [5, 5.41) is 0. The summed E-state index contributed by atoms with van der Waals surface area (Å²) >= 11 is 0. The van der Waals surface area contributed by atoms with E-state index in [0.717, 1.165) is 89.9 Å². The molecule has 0 heterocycles. The quantitative estimate of drug-likeness (QED) is 0.0201. The van der Waals surface area contributed by atoms with Gasteiger partial charge in [0, 0.05) is 19.3 Å². The summed E-state index contributed by atoms with van der Waals surface area (Å²) in [6, 6.07) is 0. The highest BCUT2D eigenvalue weighted by Gasteiger charge is 2.19. The van der Waals surface area contributed by atoms with Crippen LogP contribution in [0.3, 0.4) is 0 Å². The monoisotopic (exact) mass is 821 g/mol. The molecule has 1 atom stereocenters. The zero-order valence-electron chi connectivity index (χ0n) is 38.2. The Morgan fingerprint density at radius 1 is 0.373 bits per heavy atom. The van der Waals surface area contributed by atoms with Gasteiger partial charge in [0.2, 0.25) is 0 Å². The summed E-state index contributed by atoms with van der Waals surface area (Å²) in [4.78, 5) is 37.8. The Hall–Kier alpha value is -3.41. The van der Waals surface area contributed by atoms with Crippen LogP contribution in [-0.2, 0) is 28.6 Å². The van der Waals surface area contributed by atoms with Crippen molar-refractivity contribution in [2.24, 2.45) is 0 Å². The number of carbonyl (C=O) groups excluding carboxylic acids is 3. The highest BCUT2D eigenvalue weighted by Crippen LogP contribution is 2.13. The van der Waals surface area contributed by atoms with E-state index in [1.165, 1.54) is 77.0 Å². The van der Waals surface area contributed by atoms with Gasteiger partial charge in [-0.15, -0.1) is 0 Å². The van der Waals surface area contributed by atoms with Crippen molar-refractivity contribution in [2.45, 2.75) is 219 Å². The fourth-order valence-electron chi connectivity index (χ4n) is 6.31. The summed E-state index contributed by atoms with van der Waals surface area (Å²) in [5.74, 6) is -1.02. The highest BCUT2D eigenvalue weighted by molar-refractivity contribution is 5.71. The molecule has 0 bridgehead atoms. The summed E-state index contributed by atoms with van der Waals surface area (Å²) in [6.07, 6.45) is 60.0. The predicted molar refractivity (Wildman–Crippen MR) is 251 cm³/mol. The van der Waals surface area contributed by atoms with Crippen LogP contribution in [0.2, 0.25) is 0 Å². The van der Waals surface area contributed by atoms with E-state index in [1.54, 1.807) is 0 Å². The topological polar surface area (TPSA) is 78.9 Å². The predicted octanol–water partition coefficient (Wildman–Crippen LogP) is 15.6. The molecule has 6 heteroatoms. The Morgan fingerprint density at radius 3 is 1.31 bits per heavy atom. The molecule has 0 aliphatic heterocycles. The van der Waals surface area contributed by atoms with Crippen molar-refractivity contribution in [3.63, 3.8) is 0 Å². The molecular formula is C53H88O6. The molecular weight excluding hydrogens is 733 g/mol. The largest absolute Gasteiger partial charge is 0.462 e. The van der Waals surface area contributed by atoms with Crippen molar-refractivity contribution in [1.29, 1.82) is 0 Å². The Kier molecular flexibility index (Phi) is 44.5. The molecule has 0 aliphatic carbocycles. The molecule has 0 fully saturated rings. The maximum Gasteiger partial charge on any atom is 0.306 e. The summed E-state index contributed by atoms with van der Waals surface area (Å²) in [6.45, 7) is 6.37. The molecule has 0 spiro atoms. The fourth-order valence-corrected chi connectivity index (χ4v) is 6.31. The molecule has 0 aliphatic rings. The lowest BCUT2D eigenvalue weighted by molar-refractivity contribution is -0.166. The number of hydrogen-bond acceptors (Lipinski definition) is 6. The molecule has 1 unspecified atom stereocenters. The van der Waals surface area contributed by atoms with Crippen LogP contribution in [0.15, 0.2) is 85.1 Å². The Bertz CT molecular complexity index is 1170. The number of hydrogen-bond donors (Lipinski definition) is 0. The van der Waals surface area contributed by atoms with Gasteiger partial charge >= 0.3 is 17.9 Å². The van der Waals surface area contributed by atoms with Gasteiger partial charge in [-0.25, -0.2) is 0 Å². The molecule has 0 radical (unpaired) electrons. The van der Waals surface area contributed by atoms with E-state index >= 15 is 0 Å². The second-order valence-electron chi connectivity index (χ2n) is 15.7. The fraction of sp³-hybridized carbons (Fsp3) is 0.679. The van der Waals surface area contributed by atoms with Gasteiger partial charge in [0.05, 0.1) is 0 Å². The van der Waals surface area contributed by atoms with Crippen molar-refractivity contribution in [3.05, 3.63) is 85.1 Å². The van der Waals surface area contributed by atoms with Crippen molar-refractivity contribution < 1.29 is 28.6 Å². The zero-order chi connectivity index (χ0) is 43.0. The molecule has 336 valence electrons. The van der Waals surface area contributed by atoms with E-state index in [0.29, 0.717) is 19.3 Å². The molecule has 0 N–H and O–H groups in total. The zero-order valence-corrected chi connectivity index (χ0v) is 38.2. The maximum atomic E-state index is 12.7. The van der Waals surface area contributed by atoms with Crippen LogP contribution in [0.5, 0.6) is 0 Å². The van der Waals surface area contributed by atoms with E-state index in [9.17, 15) is 14.4 Å². The number of carbonyl (C=O) groups is 3. The Morgan fingerprint density at radius 2 is 0.763 bits per heavy atom. The van der Waals surface area contributed by atoms with Crippen molar-refractivity contribution in [1.82, 2.24) is 0 Å². The van der Waals surface area contributed by atoms with Gasteiger partial charge in [-0.1, -0.05) is 196 Å². The molecule has 0 aromatic heterocycles. The van der Waals surface area contributed by atoms with E-state index in [4.69, 9.17) is 14.2 Å². The van der Waals surface area contributed by atoms with Gasteiger partial charge in [0.25, 0.3) is 0 Å². The van der Waals surface area contributed by atoms with E-state index in [1.807, 2.05) is 12.2 Å². The minimum atomic E-state index is -0.813. The van der Waals surface area contributed by atoms with Gasteiger partial charge in [-0.3, -0.25) is 14.4 Å². The average Bonchev–Trinajstić information content (AvgIpc) is 3.23. The second kappa shape index (κ2) is 47.3. The van der Waals surface area contributed by atoms with Crippen molar-refractivity contribution in [3.8, 4) is 0 Å². The molecule has 0 amide bonds. The number of rotatable bonds is 42. The lowest BCUT2D eigenvalue weighted by atomic mass is 10.1. The van der Waals surface area contributed by atoms with Crippen LogP contribution in [0.4, 0.5) is 0 Å². The van der Waals surface area contributed by atoms with Gasteiger partial charge < -0.3 is 14.2 Å². The smallest absolute Gasteiger partial charge is 0.306 e. The van der Waals surface area contributed by atoms with Gasteiger partial charge in [0.1, 0.15) is 13.2 Å². The SMILES string of the molecule is CC\C=C/C=C\C=C/CCCCCCCC(=O)OC(COC(=O)CC/C=C\C/C=C\CCCCCCCC)COC(=O)CCCCCCCC/C=C\C=C/CCCCC. The van der Waals surface area contributed by atoms with Crippen LogP contribution in [0.1, 0.15) is 213 Å². The van der Waals surface area contributed by atoms with Crippen LogP contribution in [0, 0.1) is 0 Å². The molecule has 0 aromatic carbocycles. The van der Waals surface area contributed by atoms with Crippen LogP contribution >= 0.6 is 0 Å². The third kappa shape index (κ3) is 45.5. The summed E-state index contributed by atoms with van der Waals surface area (Å²) in [7, 11) is 0. The number of esters is 3. The lowest BCUT2D eigenvalue weighted by Gasteiger charge is -2.18. The molecule has 6 nitrogen and oxygen atoms in total. The summed E-state index contributed by atoms with van der Waals surface area (Å²) < 4.78 is 16.7. The molecule has 0 saturated heterocycles. The first-order valence-electron chi connectivity index (χ1n) is 24.1. The van der Waals surface area contributed by atoms with Crippen molar-refractivity contribution >= 4 is 17.9 Å². The molecule has 59 heavy (non-hydrogen) atoms. The number of ether oxygens (including phenoxy) is 3. The van der Waals surface area contributed by atoms with Gasteiger partial charge in [-0.2, -0.15) is 0 Å². The molecule has 0 saturated carbocycles. The van der Waals surface area contributed by atoms with Crippen LogP contribution in [0.25, 0.3) is 0 Å². The van der Waals surface area contributed by atoms with Gasteiger partial charge in [-0.05, 0) is 83.5 Å². The minimum absolute atomic E-state index is 0.109. The second-order valence-corrected chi connectivity index (χ2v) is 15.7. The lowest BCUT2D eigenvalue weighted by Crippen LogP contribution is -2.30. The highest BCUT2D eigenvalue weighted by atomic mass is 16.6. The minimum Gasteiger partial charge on any atom is -0.462 e. The third-order valence-corrected chi connectivity index (χ3v) is 9.96. The summed E-state index contributed by atoms with van der Waals surface area (Å²) in [5.41, 5.74) is 0. The Labute approximate surface area is 363 Å². The van der Waals surface area contributed by atoms with E-state index < -0.39 is 6.10 Å². The first-order chi connectivity index (χ1) is 29.0. The normalized spacial score (nSPS) is 12.8. The maximum absolute atomic E-state index is 12.7. The van der Waals surface area contributed by atoms with Crippen molar-refractivity contribution in [2.75, 3.05) is 13.2 Å². The Balaban J connectivity index is 4.51. The molecule has 0 rings (SSSR count). The van der Waals surface area contributed by atoms with Crippen LogP contribution in [-0.4, -0.2) is 37.2 Å². The van der Waals surface area contributed by atoms with E-state index in [-0.39, 0.29) is 37.5 Å². The standard InChI is InChI=1S/C53H88O6/c1-4-7-10-13-16-19-22-25-26-29-31-34-37-40-43-46-52(55)58-49-50(59-53(56)47-44-41-38-35-32-28-24-21-18-15-12-9-6-3)48-57-51(54)45-42-39-36-33-30-27-23-20-17-14-11-8-5-2/h9,12,15-16,18-19,21-22,24-25,27,30,36,39,50H,4-8,10-11,13-14,17,20,23,26,28-29,31-35,37-38,40-49H2,1-3H3/b12-9-,18-15-,19-16-,24-21-,25-22-,30-27-,39-36-. The third-order valence-electron chi connectivity index (χ3n) is 9.96. The number of allylic oxidation sites excluding steroid dienone is 14. The van der Waals surface area contributed by atoms with Crippen LogP contribution < -0.4 is 0 Å². The van der Waals surface area contributed by atoms with Gasteiger partial charge in [0.15, 0.2) is 6.10 Å². The number of unbranched alkanes of at least 4 members (excludes halogenated alkanes) is 20.